The highest BCUT2D eigenvalue weighted by Crippen LogP contribution is 2.33. The van der Waals surface area contributed by atoms with Crippen molar-refractivity contribution in [2.24, 2.45) is 5.41 Å². The van der Waals surface area contributed by atoms with Gasteiger partial charge in [-0.05, 0) is 64.3 Å². The highest BCUT2D eigenvalue weighted by Gasteiger charge is 2.21. The van der Waals surface area contributed by atoms with Crippen LogP contribution < -0.4 is 0 Å². The third kappa shape index (κ3) is 8.92. The van der Waals surface area contributed by atoms with Gasteiger partial charge in [-0.3, -0.25) is 9.59 Å². The Morgan fingerprint density at radius 3 is 2.22 bits per heavy atom. The summed E-state index contributed by atoms with van der Waals surface area (Å²) in [7, 11) is 0. The summed E-state index contributed by atoms with van der Waals surface area (Å²) in [6.45, 7) is 6.53. The van der Waals surface area contributed by atoms with Crippen molar-refractivity contribution in [3.63, 3.8) is 0 Å². The van der Waals surface area contributed by atoms with Crippen LogP contribution in [0.4, 0.5) is 0 Å². The van der Waals surface area contributed by atoms with Gasteiger partial charge in [0.05, 0.1) is 5.69 Å². The first kappa shape index (κ1) is 32.6. The number of benzene rings is 4. The minimum absolute atomic E-state index is 0.0125. The van der Waals surface area contributed by atoms with Crippen LogP contribution in [0.15, 0.2) is 114 Å². The van der Waals surface area contributed by atoms with Crippen molar-refractivity contribution in [3.8, 4) is 22.5 Å². The second kappa shape index (κ2) is 14.6. The van der Waals surface area contributed by atoms with Crippen molar-refractivity contribution in [1.29, 1.82) is 0 Å². The molecular weight excluding hydrogens is 594 g/mol. The summed E-state index contributed by atoms with van der Waals surface area (Å²) in [6.07, 6.45) is 5.53. The van der Waals surface area contributed by atoms with E-state index in [4.69, 9.17) is 21.2 Å². The van der Waals surface area contributed by atoms with Crippen LogP contribution in [0.2, 0.25) is 5.02 Å². The van der Waals surface area contributed by atoms with E-state index in [0.29, 0.717) is 29.2 Å². The Kier molecular flexibility index (Phi) is 10.3. The van der Waals surface area contributed by atoms with Gasteiger partial charge in [0.1, 0.15) is 0 Å². The first-order chi connectivity index (χ1) is 22.0. The SMILES string of the molecule is CC(C)(C)/C=C/c1ccc(C(Cc2ccc(C(=O)CCCC(=O)O)cc2)c2cc(-c3cccc(-c4ccc(Cl)cc4)c3)on2)cc1. The fourth-order valence-corrected chi connectivity index (χ4v) is 5.40. The quantitative estimate of drug-likeness (QED) is 0.139. The van der Waals surface area contributed by atoms with Crippen LogP contribution in [0.5, 0.6) is 0 Å². The zero-order chi connectivity index (χ0) is 32.7. The van der Waals surface area contributed by atoms with E-state index in [0.717, 1.165) is 39.1 Å². The van der Waals surface area contributed by atoms with E-state index in [1.54, 1.807) is 0 Å². The van der Waals surface area contributed by atoms with Crippen LogP contribution in [0, 0.1) is 5.41 Å². The lowest BCUT2D eigenvalue weighted by molar-refractivity contribution is -0.137. The fourth-order valence-electron chi connectivity index (χ4n) is 5.27. The van der Waals surface area contributed by atoms with Gasteiger partial charge in [0.25, 0.3) is 0 Å². The molecule has 1 aromatic heterocycles. The first-order valence-corrected chi connectivity index (χ1v) is 15.9. The summed E-state index contributed by atoms with van der Waals surface area (Å²) < 4.78 is 5.94. The first-order valence-electron chi connectivity index (χ1n) is 15.5. The Hall–Kier alpha value is -4.74. The lowest BCUT2D eigenvalue weighted by Gasteiger charge is -2.16. The number of carbonyl (C=O) groups is 2. The number of Topliss-reactive ketones (excluding diaryl/α,β-unsaturated/α-hetero) is 1. The lowest BCUT2D eigenvalue weighted by atomic mass is 9.87. The van der Waals surface area contributed by atoms with Gasteiger partial charge in [-0.15, -0.1) is 0 Å². The number of halogens is 1. The molecule has 0 aliphatic rings. The fraction of sp³-hybridized carbons (Fsp3) is 0.225. The third-order valence-electron chi connectivity index (χ3n) is 7.83. The molecule has 0 bridgehead atoms. The van der Waals surface area contributed by atoms with Crippen LogP contribution in [0.3, 0.4) is 0 Å². The van der Waals surface area contributed by atoms with E-state index in [9.17, 15) is 9.59 Å². The Labute approximate surface area is 275 Å². The number of ketones is 1. The summed E-state index contributed by atoms with van der Waals surface area (Å²) in [5, 5.41) is 14.1. The van der Waals surface area contributed by atoms with Crippen LogP contribution in [-0.4, -0.2) is 22.0 Å². The van der Waals surface area contributed by atoms with E-state index >= 15 is 0 Å². The molecule has 1 heterocycles. The molecule has 5 nitrogen and oxygen atoms in total. The zero-order valence-electron chi connectivity index (χ0n) is 26.4. The van der Waals surface area contributed by atoms with Gasteiger partial charge in [0, 0.05) is 41.0 Å². The molecule has 46 heavy (non-hydrogen) atoms. The summed E-state index contributed by atoms with van der Waals surface area (Å²) in [5.41, 5.74) is 7.83. The van der Waals surface area contributed by atoms with E-state index < -0.39 is 5.97 Å². The number of allylic oxidation sites excluding steroid dienone is 1. The minimum atomic E-state index is -0.891. The Bertz CT molecular complexity index is 1810. The molecule has 0 aliphatic heterocycles. The predicted molar refractivity (Wildman–Crippen MR) is 185 cm³/mol. The number of carboxylic acids is 1. The summed E-state index contributed by atoms with van der Waals surface area (Å²) in [6, 6.07) is 34.1. The second-order valence-electron chi connectivity index (χ2n) is 12.7. The number of carbonyl (C=O) groups excluding carboxylic acids is 1. The molecule has 1 N–H and O–H groups in total. The predicted octanol–water partition coefficient (Wildman–Crippen LogP) is 10.5. The molecule has 5 rings (SSSR count). The van der Waals surface area contributed by atoms with Gasteiger partial charge in [0.2, 0.25) is 0 Å². The summed E-state index contributed by atoms with van der Waals surface area (Å²) in [5.74, 6) is -0.347. The van der Waals surface area contributed by atoms with Crippen LogP contribution >= 0.6 is 11.6 Å². The monoisotopic (exact) mass is 631 g/mol. The van der Waals surface area contributed by atoms with Gasteiger partial charge in [-0.1, -0.05) is 129 Å². The zero-order valence-corrected chi connectivity index (χ0v) is 27.1. The van der Waals surface area contributed by atoms with Gasteiger partial charge in [-0.2, -0.15) is 0 Å². The number of aliphatic carboxylic acids is 1. The molecule has 0 spiro atoms. The Balaban J connectivity index is 1.42. The molecule has 0 saturated carbocycles. The molecule has 1 unspecified atom stereocenters. The van der Waals surface area contributed by atoms with Crippen molar-refractivity contribution in [3.05, 3.63) is 142 Å². The van der Waals surface area contributed by atoms with Crippen LogP contribution in [0.25, 0.3) is 28.5 Å². The molecule has 0 radical (unpaired) electrons. The average Bonchev–Trinajstić information content (AvgIpc) is 3.53. The maximum Gasteiger partial charge on any atom is 0.303 e. The maximum absolute atomic E-state index is 12.6. The normalized spacial score (nSPS) is 12.3. The molecule has 0 fully saturated rings. The topological polar surface area (TPSA) is 80.4 Å². The van der Waals surface area contributed by atoms with Gasteiger partial charge in [-0.25, -0.2) is 0 Å². The highest BCUT2D eigenvalue weighted by molar-refractivity contribution is 6.30. The van der Waals surface area contributed by atoms with Gasteiger partial charge in [0.15, 0.2) is 11.5 Å². The van der Waals surface area contributed by atoms with E-state index in [-0.39, 0.29) is 30.0 Å². The molecule has 5 aromatic rings. The Morgan fingerprint density at radius 1 is 0.848 bits per heavy atom. The summed E-state index contributed by atoms with van der Waals surface area (Å²) >= 11 is 6.10. The van der Waals surface area contributed by atoms with Gasteiger partial charge >= 0.3 is 5.97 Å². The molecule has 1 atom stereocenters. The smallest absolute Gasteiger partial charge is 0.303 e. The van der Waals surface area contributed by atoms with Gasteiger partial charge < -0.3 is 9.63 Å². The number of carboxylic acid groups (broad SMARTS) is 1. The van der Waals surface area contributed by atoms with E-state index in [1.165, 1.54) is 0 Å². The Morgan fingerprint density at radius 2 is 1.54 bits per heavy atom. The third-order valence-corrected chi connectivity index (χ3v) is 8.09. The van der Waals surface area contributed by atoms with Crippen molar-refractivity contribution < 1.29 is 19.2 Å². The van der Waals surface area contributed by atoms with E-state index in [2.05, 4.69) is 74.5 Å². The summed E-state index contributed by atoms with van der Waals surface area (Å²) in [4.78, 5) is 23.4. The lowest BCUT2D eigenvalue weighted by Crippen LogP contribution is -2.07. The minimum Gasteiger partial charge on any atom is -0.481 e. The average molecular weight is 632 g/mol. The molecule has 0 aliphatic carbocycles. The molecule has 4 aromatic carbocycles. The molecular formula is C40H38ClNO4. The van der Waals surface area contributed by atoms with Crippen molar-refractivity contribution in [2.75, 3.05) is 0 Å². The number of nitrogens with zero attached hydrogens (tertiary/aromatic N) is 1. The molecule has 0 amide bonds. The number of aromatic nitrogens is 1. The van der Waals surface area contributed by atoms with Crippen molar-refractivity contribution in [1.82, 2.24) is 5.16 Å². The molecule has 6 heteroatoms. The number of hydrogen-bond acceptors (Lipinski definition) is 4. The van der Waals surface area contributed by atoms with Crippen LogP contribution in [-0.2, 0) is 11.2 Å². The number of rotatable bonds is 12. The highest BCUT2D eigenvalue weighted by atomic mass is 35.5. The molecule has 0 saturated heterocycles. The second-order valence-corrected chi connectivity index (χ2v) is 13.1. The molecule has 234 valence electrons. The van der Waals surface area contributed by atoms with Crippen molar-refractivity contribution in [2.45, 2.75) is 52.4 Å². The standard InChI is InChI=1S/C40H38ClNO4/c1-40(2,3)23-22-27-10-14-30(15-11-27)35(24-28-12-16-31(17-13-28)37(43)8-5-9-39(44)45)36-26-38(46-42-36)33-7-4-6-32(25-33)29-18-20-34(41)21-19-29/h4,6-7,10-23,25-26,35H,5,8-9,24H2,1-3H3,(H,44,45)/b23-22+. The largest absolute Gasteiger partial charge is 0.481 e. The number of hydrogen-bond donors (Lipinski definition) is 1. The maximum atomic E-state index is 12.6. The van der Waals surface area contributed by atoms with E-state index in [1.807, 2.05) is 66.7 Å². The van der Waals surface area contributed by atoms with Crippen molar-refractivity contribution >= 4 is 29.4 Å². The van der Waals surface area contributed by atoms with Crippen LogP contribution in [0.1, 0.15) is 78.7 Å².